The number of nitrogens with zero attached hydrogens (tertiary/aromatic N) is 2. The van der Waals surface area contributed by atoms with Gasteiger partial charge in [-0.05, 0) is 19.8 Å². The minimum absolute atomic E-state index is 0.164. The van der Waals surface area contributed by atoms with Crippen molar-refractivity contribution in [3.8, 4) is 0 Å². The van der Waals surface area contributed by atoms with Crippen LogP contribution >= 0.6 is 0 Å². The number of aliphatic hydroxyl groups is 1. The van der Waals surface area contributed by atoms with Gasteiger partial charge in [0.15, 0.2) is 0 Å². The third-order valence-corrected chi connectivity index (χ3v) is 2.57. The first-order valence-corrected chi connectivity index (χ1v) is 5.02. The molecule has 0 bridgehead atoms. The van der Waals surface area contributed by atoms with E-state index < -0.39 is 0 Å². The Morgan fingerprint density at radius 3 is 2.71 bits per heavy atom. The Hall–Kier alpha value is -0.810. The molecule has 1 aliphatic carbocycles. The molecular formula is C9H19N3O2. The Bertz CT molecular complexity index is 204. The summed E-state index contributed by atoms with van der Waals surface area (Å²) in [7, 11) is 0. The van der Waals surface area contributed by atoms with Crippen molar-refractivity contribution in [2.75, 3.05) is 13.2 Å². The van der Waals surface area contributed by atoms with Crippen molar-refractivity contribution in [2.24, 2.45) is 10.9 Å². The molecule has 5 nitrogen and oxygen atoms in total. The molecule has 1 rings (SSSR count). The lowest BCUT2D eigenvalue weighted by Crippen LogP contribution is -2.39. The number of aliphatic hydroxyl groups excluding tert-OH is 1. The van der Waals surface area contributed by atoms with E-state index in [1.54, 1.807) is 0 Å². The number of amidine groups is 1. The highest BCUT2D eigenvalue weighted by atomic mass is 16.4. The summed E-state index contributed by atoms with van der Waals surface area (Å²) < 4.78 is 0. The van der Waals surface area contributed by atoms with Crippen molar-refractivity contribution in [2.45, 2.75) is 38.3 Å². The number of oxime groups is 1. The zero-order valence-electron chi connectivity index (χ0n) is 8.56. The van der Waals surface area contributed by atoms with Crippen LogP contribution in [-0.2, 0) is 0 Å². The number of rotatable bonds is 6. The average molecular weight is 201 g/mol. The predicted octanol–water partition coefficient (Wildman–Crippen LogP) is -0.0319. The maximum atomic E-state index is 8.90. The lowest BCUT2D eigenvalue weighted by Gasteiger charge is -2.27. The van der Waals surface area contributed by atoms with E-state index in [9.17, 15) is 0 Å². The van der Waals surface area contributed by atoms with Gasteiger partial charge in [0.2, 0.25) is 0 Å². The topological polar surface area (TPSA) is 82.1 Å². The second-order valence-corrected chi connectivity index (χ2v) is 3.84. The van der Waals surface area contributed by atoms with Gasteiger partial charge >= 0.3 is 0 Å². The smallest absolute Gasteiger partial charge is 0.140 e. The van der Waals surface area contributed by atoms with E-state index in [1.807, 2.05) is 6.92 Å². The van der Waals surface area contributed by atoms with E-state index in [1.165, 1.54) is 12.8 Å². The first kappa shape index (κ1) is 11.3. The number of nitrogens with two attached hydrogens (primary N) is 1. The van der Waals surface area contributed by atoms with Crippen molar-refractivity contribution in [1.29, 1.82) is 0 Å². The SMILES string of the molecule is CC(CC(N)=NO)N(CCO)C1CC1. The van der Waals surface area contributed by atoms with Gasteiger partial charge in [0, 0.05) is 25.0 Å². The van der Waals surface area contributed by atoms with Gasteiger partial charge in [-0.2, -0.15) is 0 Å². The Labute approximate surface area is 84.2 Å². The second kappa shape index (κ2) is 5.17. The molecule has 0 aromatic carbocycles. The fraction of sp³-hybridized carbons (Fsp3) is 0.889. The van der Waals surface area contributed by atoms with Crippen LogP contribution in [0.2, 0.25) is 0 Å². The molecule has 5 heteroatoms. The summed E-state index contributed by atoms with van der Waals surface area (Å²) in [6.45, 7) is 2.87. The lowest BCUT2D eigenvalue weighted by molar-refractivity contribution is 0.152. The van der Waals surface area contributed by atoms with Crippen molar-refractivity contribution < 1.29 is 10.3 Å². The van der Waals surface area contributed by atoms with Gasteiger partial charge in [-0.25, -0.2) is 0 Å². The minimum Gasteiger partial charge on any atom is -0.409 e. The third kappa shape index (κ3) is 3.16. The minimum atomic E-state index is 0.164. The van der Waals surface area contributed by atoms with Gasteiger partial charge in [-0.3, -0.25) is 4.90 Å². The molecule has 1 saturated carbocycles. The first-order valence-electron chi connectivity index (χ1n) is 5.02. The molecule has 1 aliphatic rings. The van der Waals surface area contributed by atoms with Crippen molar-refractivity contribution >= 4 is 5.84 Å². The van der Waals surface area contributed by atoms with Gasteiger partial charge in [0.05, 0.1) is 6.61 Å². The monoisotopic (exact) mass is 201 g/mol. The standard InChI is InChI=1S/C9H19N3O2/c1-7(6-9(10)11-14)12(4-5-13)8-2-3-8/h7-8,13-14H,2-6H2,1H3,(H2,10,11). The van der Waals surface area contributed by atoms with E-state index >= 15 is 0 Å². The van der Waals surface area contributed by atoms with Crippen LogP contribution in [0.15, 0.2) is 5.16 Å². The largest absolute Gasteiger partial charge is 0.409 e. The fourth-order valence-corrected chi connectivity index (χ4v) is 1.75. The Morgan fingerprint density at radius 2 is 2.29 bits per heavy atom. The molecule has 4 N–H and O–H groups in total. The molecule has 0 radical (unpaired) electrons. The van der Waals surface area contributed by atoms with Crippen molar-refractivity contribution in [3.63, 3.8) is 0 Å². The van der Waals surface area contributed by atoms with Gasteiger partial charge in [0.25, 0.3) is 0 Å². The maximum Gasteiger partial charge on any atom is 0.140 e. The maximum absolute atomic E-state index is 8.90. The van der Waals surface area contributed by atoms with Crippen molar-refractivity contribution in [3.05, 3.63) is 0 Å². The summed E-state index contributed by atoms with van der Waals surface area (Å²) >= 11 is 0. The Balaban J connectivity index is 2.41. The summed E-state index contributed by atoms with van der Waals surface area (Å²) in [5.74, 6) is 0.251. The third-order valence-electron chi connectivity index (χ3n) is 2.57. The molecule has 0 aliphatic heterocycles. The Kier molecular flexibility index (Phi) is 4.16. The van der Waals surface area contributed by atoms with Gasteiger partial charge in [-0.1, -0.05) is 5.16 Å². The highest BCUT2D eigenvalue weighted by molar-refractivity contribution is 5.80. The molecule has 82 valence electrons. The average Bonchev–Trinajstić information content (AvgIpc) is 2.97. The van der Waals surface area contributed by atoms with Crippen LogP contribution < -0.4 is 5.73 Å². The van der Waals surface area contributed by atoms with Gasteiger partial charge in [-0.15, -0.1) is 0 Å². The van der Waals surface area contributed by atoms with E-state index in [0.717, 1.165) is 0 Å². The van der Waals surface area contributed by atoms with Crippen LogP contribution in [0.3, 0.4) is 0 Å². The van der Waals surface area contributed by atoms with Crippen LogP contribution in [0, 0.1) is 0 Å². The highest BCUT2D eigenvalue weighted by Gasteiger charge is 2.31. The molecule has 0 amide bonds. The second-order valence-electron chi connectivity index (χ2n) is 3.84. The quantitative estimate of drug-likeness (QED) is 0.244. The fourth-order valence-electron chi connectivity index (χ4n) is 1.75. The zero-order valence-corrected chi connectivity index (χ0v) is 8.56. The number of hydrogen-bond acceptors (Lipinski definition) is 4. The van der Waals surface area contributed by atoms with Gasteiger partial charge < -0.3 is 16.0 Å². The summed E-state index contributed by atoms with van der Waals surface area (Å²) in [4.78, 5) is 2.22. The molecule has 0 heterocycles. The molecule has 14 heavy (non-hydrogen) atoms. The molecule has 0 aromatic heterocycles. The van der Waals surface area contributed by atoms with E-state index in [0.29, 0.717) is 19.0 Å². The summed E-state index contributed by atoms with van der Waals surface area (Å²) in [6.07, 6.45) is 2.94. The molecular weight excluding hydrogens is 182 g/mol. The number of hydrogen-bond donors (Lipinski definition) is 3. The van der Waals surface area contributed by atoms with Gasteiger partial charge in [0.1, 0.15) is 5.84 Å². The van der Waals surface area contributed by atoms with Crippen LogP contribution in [0.1, 0.15) is 26.2 Å². The summed E-state index contributed by atoms with van der Waals surface area (Å²) in [5.41, 5.74) is 5.44. The predicted molar refractivity (Wildman–Crippen MR) is 54.3 cm³/mol. The molecule has 1 atom stereocenters. The van der Waals surface area contributed by atoms with Crippen LogP contribution in [0.4, 0.5) is 0 Å². The first-order chi connectivity index (χ1) is 6.69. The summed E-state index contributed by atoms with van der Waals surface area (Å²) in [5, 5.41) is 20.3. The summed E-state index contributed by atoms with van der Waals surface area (Å²) in [6, 6.07) is 0.814. The van der Waals surface area contributed by atoms with Crippen LogP contribution in [0.25, 0.3) is 0 Å². The highest BCUT2D eigenvalue weighted by Crippen LogP contribution is 2.28. The molecule has 1 unspecified atom stereocenters. The van der Waals surface area contributed by atoms with E-state index in [4.69, 9.17) is 16.0 Å². The molecule has 0 spiro atoms. The van der Waals surface area contributed by atoms with Crippen LogP contribution in [0.5, 0.6) is 0 Å². The normalized spacial score (nSPS) is 20.1. The molecule has 0 saturated heterocycles. The molecule has 1 fully saturated rings. The molecule has 0 aromatic rings. The lowest BCUT2D eigenvalue weighted by atomic mass is 10.2. The van der Waals surface area contributed by atoms with E-state index in [-0.39, 0.29) is 18.5 Å². The van der Waals surface area contributed by atoms with Crippen LogP contribution in [-0.4, -0.2) is 46.3 Å². The van der Waals surface area contributed by atoms with Crippen molar-refractivity contribution in [1.82, 2.24) is 4.90 Å². The Morgan fingerprint density at radius 1 is 1.64 bits per heavy atom. The zero-order chi connectivity index (χ0) is 10.6. The van der Waals surface area contributed by atoms with E-state index in [2.05, 4.69) is 10.1 Å².